The number of hydrogen-bond donors (Lipinski definition) is 4. The van der Waals surface area contributed by atoms with E-state index in [-0.39, 0.29) is 17.4 Å². The van der Waals surface area contributed by atoms with E-state index >= 15 is 0 Å². The second-order valence-corrected chi connectivity index (χ2v) is 3.63. The zero-order chi connectivity index (χ0) is 13.1. The summed E-state index contributed by atoms with van der Waals surface area (Å²) < 4.78 is 1.17. The van der Waals surface area contributed by atoms with Gasteiger partial charge in [-0.05, 0) is 18.6 Å². The lowest BCUT2D eigenvalue weighted by Gasteiger charge is -2.04. The van der Waals surface area contributed by atoms with Crippen LogP contribution in [0, 0.1) is 6.92 Å². The molecule has 2 rings (SSSR count). The number of rotatable bonds is 3. The van der Waals surface area contributed by atoms with Crippen LogP contribution in [0.3, 0.4) is 0 Å². The molecule has 5 N–H and O–H groups in total. The number of aryl methyl sites for hydroxylation is 1. The highest BCUT2D eigenvalue weighted by Crippen LogP contribution is 2.25. The zero-order valence-electron chi connectivity index (χ0n) is 9.57. The Morgan fingerprint density at radius 3 is 2.83 bits per heavy atom. The number of nitrogens with two attached hydrogens (primary N) is 1. The number of aromatic nitrogens is 3. The first-order valence-electron chi connectivity index (χ1n) is 5.04. The van der Waals surface area contributed by atoms with E-state index in [4.69, 9.17) is 5.84 Å². The summed E-state index contributed by atoms with van der Waals surface area (Å²) in [5.41, 5.74) is 3.75. The van der Waals surface area contributed by atoms with Gasteiger partial charge in [0.05, 0.1) is 6.21 Å². The predicted molar refractivity (Wildman–Crippen MR) is 65.9 cm³/mol. The first-order valence-corrected chi connectivity index (χ1v) is 5.04. The summed E-state index contributed by atoms with van der Waals surface area (Å²) in [7, 11) is 0. The van der Waals surface area contributed by atoms with E-state index in [1.54, 1.807) is 6.92 Å². The highest BCUT2D eigenvalue weighted by atomic mass is 16.3. The number of anilines is 1. The smallest absolute Gasteiger partial charge is 0.263 e. The maximum absolute atomic E-state index is 9.65. The summed E-state index contributed by atoms with van der Waals surface area (Å²) in [6, 6.07) is 2.76. The molecule has 18 heavy (non-hydrogen) atoms. The number of nitrogens with one attached hydrogen (secondary N) is 1. The van der Waals surface area contributed by atoms with Gasteiger partial charge in [-0.2, -0.15) is 5.10 Å². The van der Waals surface area contributed by atoms with Crippen LogP contribution in [0.1, 0.15) is 11.1 Å². The highest BCUT2D eigenvalue weighted by Gasteiger charge is 2.05. The molecule has 1 heterocycles. The Labute approximate surface area is 102 Å². The Bertz CT molecular complexity index is 569. The van der Waals surface area contributed by atoms with Crippen molar-refractivity contribution in [1.29, 1.82) is 0 Å². The van der Waals surface area contributed by atoms with Crippen molar-refractivity contribution >= 4 is 12.2 Å². The third kappa shape index (κ3) is 2.32. The van der Waals surface area contributed by atoms with Crippen LogP contribution >= 0.6 is 0 Å². The topological polar surface area (TPSA) is 122 Å². The lowest BCUT2D eigenvalue weighted by Crippen LogP contribution is -2.10. The van der Waals surface area contributed by atoms with Crippen LogP contribution in [0.2, 0.25) is 0 Å². The van der Waals surface area contributed by atoms with Crippen LogP contribution in [0.5, 0.6) is 11.5 Å². The molecule has 8 heteroatoms. The molecule has 0 aliphatic carbocycles. The predicted octanol–water partition coefficient (Wildman–Crippen LogP) is 0.158. The summed E-state index contributed by atoms with van der Waals surface area (Å²) in [5.74, 6) is 5.67. The molecule has 8 nitrogen and oxygen atoms in total. The van der Waals surface area contributed by atoms with Gasteiger partial charge in [-0.25, -0.2) is 10.1 Å². The maximum atomic E-state index is 9.65. The Kier molecular flexibility index (Phi) is 3.00. The van der Waals surface area contributed by atoms with Crippen LogP contribution in [0.25, 0.3) is 0 Å². The molecule has 94 valence electrons. The molecule has 1 aromatic carbocycles. The molecule has 0 saturated heterocycles. The molecule has 0 fully saturated rings. The van der Waals surface area contributed by atoms with E-state index in [1.807, 2.05) is 0 Å². The molecule has 0 aliphatic heterocycles. The first-order chi connectivity index (χ1) is 8.58. The number of hydrogen-bond acceptors (Lipinski definition) is 7. The van der Waals surface area contributed by atoms with Gasteiger partial charge < -0.3 is 16.1 Å². The number of nitrogen functional groups attached to an aromatic ring is 1. The molecule has 0 unspecified atom stereocenters. The van der Waals surface area contributed by atoms with Crippen LogP contribution in [0.15, 0.2) is 23.6 Å². The number of nitrogens with zero attached hydrogens (tertiary/aromatic N) is 4. The van der Waals surface area contributed by atoms with Crippen molar-refractivity contribution in [2.45, 2.75) is 6.92 Å². The van der Waals surface area contributed by atoms with Crippen LogP contribution in [0.4, 0.5) is 5.95 Å². The van der Waals surface area contributed by atoms with E-state index in [9.17, 15) is 10.2 Å². The fraction of sp³-hybridized carbons (Fsp3) is 0.100. The maximum Gasteiger partial charge on any atom is 0.263 e. The highest BCUT2D eigenvalue weighted by molar-refractivity contribution is 5.86. The summed E-state index contributed by atoms with van der Waals surface area (Å²) in [6.45, 7) is 1.74. The fourth-order valence-electron chi connectivity index (χ4n) is 1.41. The number of hydrazone groups is 1. The summed E-state index contributed by atoms with van der Waals surface area (Å²) in [6.07, 6.45) is 2.72. The quantitative estimate of drug-likeness (QED) is 0.348. The minimum Gasteiger partial charge on any atom is -0.508 e. The van der Waals surface area contributed by atoms with Gasteiger partial charge in [0.1, 0.15) is 17.8 Å². The number of aromatic hydroxyl groups is 2. The standard InChI is InChI=1S/C10H12N6O2/c1-6-2-7(17)3-9(18)8(6)4-12-14-10-15-13-5-16(10)11/h2-5,17-18H,11H2,1H3,(H,14,15). The largest absolute Gasteiger partial charge is 0.508 e. The second kappa shape index (κ2) is 4.62. The monoisotopic (exact) mass is 248 g/mol. The summed E-state index contributed by atoms with van der Waals surface area (Å²) in [4.78, 5) is 0. The van der Waals surface area contributed by atoms with Crippen molar-refractivity contribution < 1.29 is 10.2 Å². The van der Waals surface area contributed by atoms with Crippen molar-refractivity contribution in [3.05, 3.63) is 29.6 Å². The third-order valence-electron chi connectivity index (χ3n) is 2.28. The number of benzene rings is 1. The van der Waals surface area contributed by atoms with Crippen molar-refractivity contribution in [3.63, 3.8) is 0 Å². The third-order valence-corrected chi connectivity index (χ3v) is 2.28. The summed E-state index contributed by atoms with van der Waals surface area (Å²) >= 11 is 0. The Balaban J connectivity index is 2.17. The summed E-state index contributed by atoms with van der Waals surface area (Å²) in [5, 5.41) is 30.0. The SMILES string of the molecule is Cc1cc(O)cc(O)c1C=NNc1nncn1N. The molecule has 0 amide bonds. The van der Waals surface area contributed by atoms with Gasteiger partial charge in [0, 0.05) is 11.6 Å². The van der Waals surface area contributed by atoms with Crippen molar-refractivity contribution in [1.82, 2.24) is 14.9 Å². The normalized spacial score (nSPS) is 10.9. The lowest BCUT2D eigenvalue weighted by molar-refractivity contribution is 0.449. The average molecular weight is 248 g/mol. The van der Waals surface area contributed by atoms with E-state index in [1.165, 1.54) is 29.4 Å². The van der Waals surface area contributed by atoms with E-state index in [0.29, 0.717) is 11.1 Å². The molecular weight excluding hydrogens is 236 g/mol. The molecule has 0 radical (unpaired) electrons. The Hall–Kier alpha value is -2.77. The second-order valence-electron chi connectivity index (χ2n) is 3.63. The number of phenolic OH excluding ortho intramolecular Hbond substituents is 2. The van der Waals surface area contributed by atoms with Gasteiger partial charge in [0.2, 0.25) is 0 Å². The molecule has 2 aromatic rings. The Morgan fingerprint density at radius 1 is 1.44 bits per heavy atom. The minimum atomic E-state index is -0.0627. The van der Waals surface area contributed by atoms with Crippen molar-refractivity contribution in [2.75, 3.05) is 11.3 Å². The molecule has 0 aliphatic rings. The molecule has 0 atom stereocenters. The zero-order valence-corrected chi connectivity index (χ0v) is 9.57. The molecular formula is C10H12N6O2. The van der Waals surface area contributed by atoms with Crippen LogP contribution in [-0.2, 0) is 0 Å². The molecule has 1 aromatic heterocycles. The van der Waals surface area contributed by atoms with Crippen LogP contribution < -0.4 is 11.3 Å². The fourth-order valence-corrected chi connectivity index (χ4v) is 1.41. The van der Waals surface area contributed by atoms with E-state index in [0.717, 1.165) is 0 Å². The van der Waals surface area contributed by atoms with Gasteiger partial charge in [0.25, 0.3) is 5.95 Å². The average Bonchev–Trinajstić information content (AvgIpc) is 2.68. The minimum absolute atomic E-state index is 0.00295. The molecule has 0 bridgehead atoms. The van der Waals surface area contributed by atoms with Crippen molar-refractivity contribution in [3.8, 4) is 11.5 Å². The Morgan fingerprint density at radius 2 is 2.22 bits per heavy atom. The van der Waals surface area contributed by atoms with Gasteiger partial charge in [-0.3, -0.25) is 0 Å². The number of phenols is 2. The lowest BCUT2D eigenvalue weighted by atomic mass is 10.1. The molecule has 0 saturated carbocycles. The van der Waals surface area contributed by atoms with Gasteiger partial charge >= 0.3 is 0 Å². The van der Waals surface area contributed by atoms with Crippen molar-refractivity contribution in [2.24, 2.45) is 5.10 Å². The van der Waals surface area contributed by atoms with E-state index < -0.39 is 0 Å². The van der Waals surface area contributed by atoms with Gasteiger partial charge in [-0.15, -0.1) is 10.2 Å². The first kappa shape index (κ1) is 11.7. The van der Waals surface area contributed by atoms with Gasteiger partial charge in [0.15, 0.2) is 0 Å². The van der Waals surface area contributed by atoms with Crippen LogP contribution in [-0.4, -0.2) is 31.3 Å². The molecule has 0 spiro atoms. The van der Waals surface area contributed by atoms with E-state index in [2.05, 4.69) is 20.7 Å². The van der Waals surface area contributed by atoms with Gasteiger partial charge in [-0.1, -0.05) is 0 Å².